The minimum atomic E-state index is -0.0992. The smallest absolute Gasteiger partial charge is 0.0757 e. The van der Waals surface area contributed by atoms with E-state index in [9.17, 15) is 0 Å². The lowest BCUT2D eigenvalue weighted by Gasteiger charge is -2.23. The van der Waals surface area contributed by atoms with Crippen LogP contribution in [0.15, 0.2) is 36.5 Å². The Morgan fingerprint density at radius 2 is 1.95 bits per heavy atom. The van der Waals surface area contributed by atoms with Crippen LogP contribution in [0, 0.1) is 0 Å². The van der Waals surface area contributed by atoms with Gasteiger partial charge >= 0.3 is 0 Å². The van der Waals surface area contributed by atoms with Crippen LogP contribution in [0.25, 0.3) is 10.9 Å². The van der Waals surface area contributed by atoms with Gasteiger partial charge in [-0.05, 0) is 18.9 Å². The molecule has 1 aliphatic rings. The van der Waals surface area contributed by atoms with Gasteiger partial charge in [0.2, 0.25) is 0 Å². The van der Waals surface area contributed by atoms with Gasteiger partial charge in [0.15, 0.2) is 0 Å². The topological polar surface area (TPSA) is 48.1 Å². The average Bonchev–Trinajstić information content (AvgIpc) is 2.86. The number of pyridine rings is 1. The fourth-order valence-corrected chi connectivity index (χ4v) is 2.87. The van der Waals surface area contributed by atoms with Crippen LogP contribution in [-0.4, -0.2) is 17.1 Å². The quantitative estimate of drug-likeness (QED) is 0.914. The predicted octanol–water partition coefficient (Wildman–Crippen LogP) is 3.02. The van der Waals surface area contributed by atoms with Crippen LogP contribution in [0.5, 0.6) is 0 Å². The van der Waals surface area contributed by atoms with Crippen molar-refractivity contribution in [3.8, 4) is 0 Å². The number of para-hydroxylation sites is 1. The van der Waals surface area contributed by atoms with Gasteiger partial charge in [-0.2, -0.15) is 0 Å². The summed E-state index contributed by atoms with van der Waals surface area (Å²) in [5, 5.41) is 1.16. The fraction of sp³-hybridized carbons (Fsp3) is 0.438. The van der Waals surface area contributed by atoms with Gasteiger partial charge in [0, 0.05) is 22.7 Å². The van der Waals surface area contributed by atoms with Gasteiger partial charge in [0.05, 0.1) is 18.7 Å². The highest BCUT2D eigenvalue weighted by molar-refractivity contribution is 5.81. The molecule has 0 radical (unpaired) electrons. The number of rotatable bonds is 4. The first-order valence-corrected chi connectivity index (χ1v) is 6.96. The van der Waals surface area contributed by atoms with Crippen LogP contribution in [0.4, 0.5) is 0 Å². The summed E-state index contributed by atoms with van der Waals surface area (Å²) >= 11 is 0. The molecule has 2 N–H and O–H groups in total. The van der Waals surface area contributed by atoms with Crippen molar-refractivity contribution in [1.82, 2.24) is 4.98 Å². The zero-order valence-electron chi connectivity index (χ0n) is 11.1. The normalized spacial score (nSPS) is 17.9. The summed E-state index contributed by atoms with van der Waals surface area (Å²) in [6, 6.07) is 10.2. The van der Waals surface area contributed by atoms with E-state index in [1.807, 2.05) is 12.3 Å². The Labute approximate surface area is 113 Å². The lowest BCUT2D eigenvalue weighted by atomic mass is 10.0. The average molecular weight is 256 g/mol. The third-order valence-corrected chi connectivity index (χ3v) is 3.96. The molecule has 1 heterocycles. The molecule has 0 saturated heterocycles. The molecule has 100 valence electrons. The molecular formula is C16H20N2O. The molecule has 0 amide bonds. The van der Waals surface area contributed by atoms with E-state index in [4.69, 9.17) is 10.5 Å². The van der Waals surface area contributed by atoms with E-state index in [0.717, 1.165) is 29.3 Å². The van der Waals surface area contributed by atoms with Crippen molar-refractivity contribution in [2.24, 2.45) is 5.73 Å². The van der Waals surface area contributed by atoms with Crippen molar-refractivity contribution >= 4 is 10.9 Å². The molecule has 1 saturated carbocycles. The lowest BCUT2D eigenvalue weighted by molar-refractivity contribution is 0.0756. The Bertz CT molecular complexity index is 556. The van der Waals surface area contributed by atoms with Crippen LogP contribution >= 0.6 is 0 Å². The molecule has 0 atom stereocenters. The highest BCUT2D eigenvalue weighted by atomic mass is 16.5. The number of hydrogen-bond acceptors (Lipinski definition) is 3. The van der Waals surface area contributed by atoms with Crippen LogP contribution in [0.2, 0.25) is 0 Å². The van der Waals surface area contributed by atoms with Crippen molar-refractivity contribution in [3.05, 3.63) is 42.1 Å². The van der Waals surface area contributed by atoms with E-state index < -0.39 is 0 Å². The predicted molar refractivity (Wildman–Crippen MR) is 76.8 cm³/mol. The number of aromatic nitrogens is 1. The van der Waals surface area contributed by atoms with Crippen LogP contribution in [-0.2, 0) is 11.3 Å². The van der Waals surface area contributed by atoms with Gasteiger partial charge in [-0.15, -0.1) is 0 Å². The number of benzene rings is 1. The van der Waals surface area contributed by atoms with Gasteiger partial charge in [0.25, 0.3) is 0 Å². The van der Waals surface area contributed by atoms with Gasteiger partial charge in [-0.1, -0.05) is 37.1 Å². The number of fused-ring (bicyclic) bond motifs is 1. The van der Waals surface area contributed by atoms with E-state index in [2.05, 4.69) is 29.2 Å². The second-order valence-corrected chi connectivity index (χ2v) is 5.55. The third-order valence-electron chi connectivity index (χ3n) is 3.96. The molecular weight excluding hydrogens is 236 g/mol. The first-order chi connectivity index (χ1) is 9.27. The molecule has 3 heteroatoms. The maximum atomic E-state index is 6.30. The van der Waals surface area contributed by atoms with Crippen molar-refractivity contribution in [3.63, 3.8) is 0 Å². The van der Waals surface area contributed by atoms with Gasteiger partial charge in [0.1, 0.15) is 0 Å². The van der Waals surface area contributed by atoms with E-state index in [-0.39, 0.29) is 5.54 Å². The number of ether oxygens (including phenoxy) is 1. The first-order valence-electron chi connectivity index (χ1n) is 6.96. The molecule has 1 aromatic carbocycles. The zero-order valence-corrected chi connectivity index (χ0v) is 11.1. The summed E-state index contributed by atoms with van der Waals surface area (Å²) in [6.45, 7) is 1.24. The highest BCUT2D eigenvalue weighted by Crippen LogP contribution is 2.27. The largest absolute Gasteiger partial charge is 0.375 e. The molecule has 2 aromatic rings. The third kappa shape index (κ3) is 2.77. The molecule has 0 spiro atoms. The standard InChI is InChI=1S/C16H20N2O/c17-16(8-1-2-9-16)12-19-11-14-6-3-5-13-7-4-10-18-15(13)14/h3-7,10H,1-2,8-9,11-12,17H2. The molecule has 0 aliphatic heterocycles. The Kier molecular flexibility index (Phi) is 3.49. The summed E-state index contributed by atoms with van der Waals surface area (Å²) in [6.07, 6.45) is 6.46. The maximum Gasteiger partial charge on any atom is 0.0757 e. The van der Waals surface area contributed by atoms with Gasteiger partial charge in [-0.25, -0.2) is 0 Å². The Morgan fingerprint density at radius 1 is 1.16 bits per heavy atom. The summed E-state index contributed by atoms with van der Waals surface area (Å²) in [5.74, 6) is 0. The number of nitrogens with zero attached hydrogens (tertiary/aromatic N) is 1. The molecule has 3 nitrogen and oxygen atoms in total. The molecule has 1 aliphatic carbocycles. The lowest BCUT2D eigenvalue weighted by Crippen LogP contribution is -2.41. The summed E-state index contributed by atoms with van der Waals surface area (Å²) in [5.41, 5.74) is 8.36. The molecule has 1 fully saturated rings. The highest BCUT2D eigenvalue weighted by Gasteiger charge is 2.29. The number of nitrogens with two attached hydrogens (primary N) is 1. The Hall–Kier alpha value is -1.45. The van der Waals surface area contributed by atoms with Crippen molar-refractivity contribution in [2.75, 3.05) is 6.61 Å². The number of hydrogen-bond donors (Lipinski definition) is 1. The maximum absolute atomic E-state index is 6.30. The van der Waals surface area contributed by atoms with Crippen LogP contribution in [0.3, 0.4) is 0 Å². The van der Waals surface area contributed by atoms with Crippen molar-refractivity contribution < 1.29 is 4.74 Å². The zero-order chi connectivity index (χ0) is 13.1. The summed E-state index contributed by atoms with van der Waals surface area (Å²) in [7, 11) is 0. The molecule has 19 heavy (non-hydrogen) atoms. The van der Waals surface area contributed by atoms with Gasteiger partial charge < -0.3 is 10.5 Å². The monoisotopic (exact) mass is 256 g/mol. The second kappa shape index (κ2) is 5.27. The van der Waals surface area contributed by atoms with E-state index in [0.29, 0.717) is 13.2 Å². The molecule has 1 aromatic heterocycles. The van der Waals surface area contributed by atoms with Crippen molar-refractivity contribution in [2.45, 2.75) is 37.8 Å². The van der Waals surface area contributed by atoms with Gasteiger partial charge in [-0.3, -0.25) is 4.98 Å². The summed E-state index contributed by atoms with van der Waals surface area (Å²) in [4.78, 5) is 4.44. The molecule has 0 unspecified atom stereocenters. The summed E-state index contributed by atoms with van der Waals surface area (Å²) < 4.78 is 5.85. The van der Waals surface area contributed by atoms with E-state index in [1.165, 1.54) is 12.8 Å². The minimum absolute atomic E-state index is 0.0992. The van der Waals surface area contributed by atoms with Crippen LogP contribution < -0.4 is 5.73 Å². The SMILES string of the molecule is NC1(COCc2cccc3cccnc23)CCCC1. The second-order valence-electron chi connectivity index (χ2n) is 5.55. The van der Waals surface area contributed by atoms with E-state index >= 15 is 0 Å². The van der Waals surface area contributed by atoms with E-state index in [1.54, 1.807) is 0 Å². The molecule has 3 rings (SSSR count). The Balaban J connectivity index is 1.68. The minimum Gasteiger partial charge on any atom is -0.375 e. The first kappa shape index (κ1) is 12.6. The Morgan fingerprint density at radius 3 is 2.79 bits per heavy atom. The van der Waals surface area contributed by atoms with Crippen LogP contribution in [0.1, 0.15) is 31.2 Å². The molecule has 0 bridgehead atoms. The fourth-order valence-electron chi connectivity index (χ4n) is 2.87. The van der Waals surface area contributed by atoms with Crippen molar-refractivity contribution in [1.29, 1.82) is 0 Å².